The van der Waals surface area contributed by atoms with Crippen molar-refractivity contribution in [3.05, 3.63) is 28.7 Å². The third-order valence-electron chi connectivity index (χ3n) is 3.19. The van der Waals surface area contributed by atoms with Crippen molar-refractivity contribution in [1.82, 2.24) is 10.2 Å². The number of rotatable bonds is 7. The van der Waals surface area contributed by atoms with Crippen LogP contribution < -0.4 is 10.1 Å². The fraction of sp³-hybridized carbons (Fsp3) is 0.250. The highest BCUT2D eigenvalue weighted by Crippen LogP contribution is 2.34. The highest BCUT2D eigenvalue weighted by Gasteiger charge is 2.33. The smallest absolute Gasteiger partial charge is 0.322 e. The summed E-state index contributed by atoms with van der Waals surface area (Å²) in [6.07, 6.45) is 1.58. The summed E-state index contributed by atoms with van der Waals surface area (Å²) in [5.74, 6) is -1.96. The first-order valence-electron chi connectivity index (χ1n) is 7.51. The second-order valence-electron chi connectivity index (χ2n) is 5.10. The Morgan fingerprint density at radius 3 is 2.81 bits per heavy atom. The van der Waals surface area contributed by atoms with Crippen molar-refractivity contribution in [3.8, 4) is 11.5 Å². The molecule has 0 atom stereocenters. The second-order valence-corrected chi connectivity index (χ2v) is 6.77. The molecule has 0 radical (unpaired) electrons. The quantitative estimate of drug-likeness (QED) is 0.465. The summed E-state index contributed by atoms with van der Waals surface area (Å²) in [6.45, 7) is 1.28. The molecular weight excluding hydrogens is 380 g/mol. The molecule has 1 heterocycles. The largest absolute Gasteiger partial charge is 0.504 e. The van der Waals surface area contributed by atoms with Crippen molar-refractivity contribution >= 4 is 52.2 Å². The van der Waals surface area contributed by atoms with Crippen LogP contribution in [0.25, 0.3) is 6.08 Å². The molecule has 1 aromatic rings. The number of carboxylic acid groups (broad SMARTS) is 1. The number of aromatic hydroxyl groups is 1. The van der Waals surface area contributed by atoms with Gasteiger partial charge in [0.05, 0.1) is 11.5 Å². The second kappa shape index (κ2) is 8.68. The van der Waals surface area contributed by atoms with E-state index in [4.69, 9.17) is 22.1 Å². The molecule has 1 aromatic carbocycles. The highest BCUT2D eigenvalue weighted by molar-refractivity contribution is 8.26. The Balaban J connectivity index is 2.12. The Hall–Kier alpha value is -2.59. The van der Waals surface area contributed by atoms with Gasteiger partial charge in [0.15, 0.2) is 11.5 Å². The molecule has 0 aliphatic carbocycles. The number of nitrogens with zero attached hydrogens (tertiary/aromatic N) is 1. The summed E-state index contributed by atoms with van der Waals surface area (Å²) in [5.41, 5.74) is 0.627. The number of thiocarbonyl (C=S) groups is 1. The maximum absolute atomic E-state index is 12.4. The number of benzene rings is 1. The standard InChI is InChI=1S/C16H16N2O6S2/c1-2-24-11-5-9(3-4-10(11)19)6-12-15(23)18(16(25)26-12)8-13(20)17-7-14(21)22/h3-6,19H,2,7-8H2,1H3,(H,17,20)(H,21,22)/b12-6-. The normalized spacial score (nSPS) is 15.4. The van der Waals surface area contributed by atoms with Crippen LogP contribution >= 0.6 is 24.0 Å². The van der Waals surface area contributed by atoms with Crippen LogP contribution in [-0.4, -0.2) is 56.9 Å². The maximum Gasteiger partial charge on any atom is 0.322 e. The van der Waals surface area contributed by atoms with E-state index in [1.165, 1.54) is 6.07 Å². The topological polar surface area (TPSA) is 116 Å². The molecule has 1 aliphatic heterocycles. The van der Waals surface area contributed by atoms with E-state index < -0.39 is 24.3 Å². The molecule has 2 rings (SSSR count). The van der Waals surface area contributed by atoms with E-state index in [1.54, 1.807) is 25.1 Å². The molecule has 0 unspecified atom stereocenters. The number of aliphatic carboxylic acids is 1. The lowest BCUT2D eigenvalue weighted by Crippen LogP contribution is -2.41. The average Bonchev–Trinajstić information content (AvgIpc) is 2.84. The van der Waals surface area contributed by atoms with Gasteiger partial charge in [-0.25, -0.2) is 0 Å². The van der Waals surface area contributed by atoms with E-state index in [9.17, 15) is 19.5 Å². The minimum Gasteiger partial charge on any atom is -0.504 e. The summed E-state index contributed by atoms with van der Waals surface area (Å²) in [6, 6.07) is 4.66. The van der Waals surface area contributed by atoms with Gasteiger partial charge in [-0.05, 0) is 30.7 Å². The van der Waals surface area contributed by atoms with Crippen LogP contribution in [0.3, 0.4) is 0 Å². The van der Waals surface area contributed by atoms with Gasteiger partial charge in [-0.15, -0.1) is 0 Å². The number of carboxylic acids is 1. The van der Waals surface area contributed by atoms with Crippen molar-refractivity contribution in [2.45, 2.75) is 6.92 Å². The van der Waals surface area contributed by atoms with E-state index >= 15 is 0 Å². The third kappa shape index (κ3) is 4.96. The van der Waals surface area contributed by atoms with Crippen molar-refractivity contribution in [1.29, 1.82) is 0 Å². The molecule has 3 N–H and O–H groups in total. The van der Waals surface area contributed by atoms with Crippen LogP contribution in [0.4, 0.5) is 0 Å². The fourth-order valence-electron chi connectivity index (χ4n) is 2.05. The van der Waals surface area contributed by atoms with Crippen LogP contribution in [0.15, 0.2) is 23.1 Å². The first-order chi connectivity index (χ1) is 12.3. The third-order valence-corrected chi connectivity index (χ3v) is 4.57. The van der Waals surface area contributed by atoms with Gasteiger partial charge < -0.3 is 20.3 Å². The maximum atomic E-state index is 12.4. The van der Waals surface area contributed by atoms with E-state index in [0.717, 1.165) is 16.7 Å². The molecule has 0 aromatic heterocycles. The highest BCUT2D eigenvalue weighted by atomic mass is 32.2. The first-order valence-corrected chi connectivity index (χ1v) is 8.74. The number of carbonyl (C=O) groups excluding carboxylic acids is 2. The number of hydrogen-bond acceptors (Lipinski definition) is 7. The van der Waals surface area contributed by atoms with Crippen molar-refractivity contribution in [3.63, 3.8) is 0 Å². The number of nitrogens with one attached hydrogen (secondary N) is 1. The number of carbonyl (C=O) groups is 3. The fourth-order valence-corrected chi connectivity index (χ4v) is 3.31. The molecule has 10 heteroatoms. The lowest BCUT2D eigenvalue weighted by atomic mass is 10.2. The number of phenols is 1. The number of ether oxygens (including phenoxy) is 1. The lowest BCUT2D eigenvalue weighted by molar-refractivity contribution is -0.138. The van der Waals surface area contributed by atoms with Crippen molar-refractivity contribution < 1.29 is 29.3 Å². The summed E-state index contributed by atoms with van der Waals surface area (Å²) in [7, 11) is 0. The molecule has 0 bridgehead atoms. The minimum absolute atomic E-state index is 0.00773. The summed E-state index contributed by atoms with van der Waals surface area (Å²) in [4.78, 5) is 36.0. The van der Waals surface area contributed by atoms with Gasteiger partial charge in [-0.3, -0.25) is 19.3 Å². The van der Waals surface area contributed by atoms with Crippen LogP contribution in [0.2, 0.25) is 0 Å². The van der Waals surface area contributed by atoms with Gasteiger partial charge in [0, 0.05) is 0 Å². The molecule has 1 fully saturated rings. The van der Waals surface area contributed by atoms with Crippen LogP contribution in [0, 0.1) is 0 Å². The molecule has 0 saturated carbocycles. The van der Waals surface area contributed by atoms with Crippen LogP contribution in [0.5, 0.6) is 11.5 Å². The van der Waals surface area contributed by atoms with Gasteiger partial charge in [0.1, 0.15) is 17.4 Å². The molecule has 2 amide bonds. The predicted molar refractivity (Wildman–Crippen MR) is 99.8 cm³/mol. The Labute approximate surface area is 158 Å². The van der Waals surface area contributed by atoms with E-state index in [2.05, 4.69) is 5.32 Å². The molecule has 138 valence electrons. The first kappa shape index (κ1) is 19.7. The SMILES string of the molecule is CCOc1cc(/C=C2\SC(=S)N(CC(=O)NCC(=O)O)C2=O)ccc1O. The van der Waals surface area contributed by atoms with Gasteiger partial charge >= 0.3 is 5.97 Å². The summed E-state index contributed by atoms with van der Waals surface area (Å²) >= 11 is 6.16. The lowest BCUT2D eigenvalue weighted by Gasteiger charge is -2.13. The average molecular weight is 396 g/mol. The Morgan fingerprint density at radius 1 is 1.42 bits per heavy atom. The van der Waals surface area contributed by atoms with E-state index in [0.29, 0.717) is 22.8 Å². The molecule has 1 aliphatic rings. The zero-order valence-corrected chi connectivity index (χ0v) is 15.4. The number of amides is 2. The Bertz CT molecular complexity index is 793. The number of hydrogen-bond donors (Lipinski definition) is 3. The molecule has 26 heavy (non-hydrogen) atoms. The zero-order valence-electron chi connectivity index (χ0n) is 13.7. The van der Waals surface area contributed by atoms with Crippen LogP contribution in [0.1, 0.15) is 12.5 Å². The predicted octanol–water partition coefficient (Wildman–Crippen LogP) is 1.19. The monoisotopic (exact) mass is 396 g/mol. The number of phenolic OH excluding ortho intramolecular Hbond substituents is 1. The van der Waals surface area contributed by atoms with Gasteiger partial charge in [-0.1, -0.05) is 30.0 Å². The molecule has 0 spiro atoms. The van der Waals surface area contributed by atoms with Crippen LogP contribution in [-0.2, 0) is 14.4 Å². The molecular formula is C16H16N2O6S2. The Kier molecular flexibility index (Phi) is 6.58. The summed E-state index contributed by atoms with van der Waals surface area (Å²) < 4.78 is 5.51. The number of thioether (sulfide) groups is 1. The van der Waals surface area contributed by atoms with E-state index in [-0.39, 0.29) is 16.6 Å². The van der Waals surface area contributed by atoms with Gasteiger partial charge in [0.2, 0.25) is 5.91 Å². The molecule has 8 nitrogen and oxygen atoms in total. The van der Waals surface area contributed by atoms with E-state index in [1.807, 2.05) is 0 Å². The molecule has 1 saturated heterocycles. The van der Waals surface area contributed by atoms with Gasteiger partial charge in [-0.2, -0.15) is 0 Å². The zero-order chi connectivity index (χ0) is 19.3. The van der Waals surface area contributed by atoms with Crippen molar-refractivity contribution in [2.75, 3.05) is 19.7 Å². The Morgan fingerprint density at radius 2 is 2.15 bits per heavy atom. The summed E-state index contributed by atoms with van der Waals surface area (Å²) in [5, 5.41) is 20.4. The van der Waals surface area contributed by atoms with Crippen molar-refractivity contribution in [2.24, 2.45) is 0 Å². The van der Waals surface area contributed by atoms with Gasteiger partial charge in [0.25, 0.3) is 5.91 Å². The minimum atomic E-state index is -1.18.